The summed E-state index contributed by atoms with van der Waals surface area (Å²) >= 11 is 0. The summed E-state index contributed by atoms with van der Waals surface area (Å²) in [6.07, 6.45) is 0. The van der Waals surface area contributed by atoms with Crippen molar-refractivity contribution in [1.82, 2.24) is 4.31 Å². The van der Waals surface area contributed by atoms with E-state index in [1.807, 2.05) is 0 Å². The van der Waals surface area contributed by atoms with Gasteiger partial charge in [0.2, 0.25) is 10.0 Å². The monoisotopic (exact) mass is 248 g/mol. The Bertz CT molecular complexity index is 402. The van der Waals surface area contributed by atoms with Crippen LogP contribution in [0.2, 0.25) is 0 Å². The summed E-state index contributed by atoms with van der Waals surface area (Å²) in [4.78, 5) is 10.6. The second kappa shape index (κ2) is 4.80. The second-order valence-corrected chi connectivity index (χ2v) is 6.57. The lowest BCUT2D eigenvalue weighted by molar-refractivity contribution is -0.138. The third kappa shape index (κ3) is 3.47. The molecule has 0 aliphatic heterocycles. The number of carbonyl (C=O) groups is 1. The average Bonchev–Trinajstić information content (AvgIpc) is 2.10. The maximum atomic E-state index is 11.9. The van der Waals surface area contributed by atoms with E-state index in [1.165, 1.54) is 6.92 Å². The van der Waals surface area contributed by atoms with E-state index >= 15 is 0 Å². The van der Waals surface area contributed by atoms with E-state index in [-0.39, 0.29) is 0 Å². The number of nitrogens with zero attached hydrogens (tertiary/aromatic N) is 2. The van der Waals surface area contributed by atoms with Gasteiger partial charge in [-0.25, -0.2) is 8.42 Å². The molecule has 1 N–H and O–H groups in total. The summed E-state index contributed by atoms with van der Waals surface area (Å²) in [6.45, 7) is 5.33. The number of hydrogen-bond donors (Lipinski definition) is 1. The minimum Gasteiger partial charge on any atom is -0.480 e. The minimum atomic E-state index is -3.91. The van der Waals surface area contributed by atoms with Crippen molar-refractivity contribution in [2.24, 2.45) is 0 Å². The van der Waals surface area contributed by atoms with E-state index in [9.17, 15) is 13.2 Å². The first-order valence-electron chi connectivity index (χ1n) is 4.66. The van der Waals surface area contributed by atoms with Crippen LogP contribution >= 0.6 is 0 Å². The van der Waals surface area contributed by atoms with E-state index in [2.05, 4.69) is 0 Å². The smallest absolute Gasteiger partial charge is 0.318 e. The molecule has 0 aromatic heterocycles. The Morgan fingerprint density at radius 1 is 1.50 bits per heavy atom. The van der Waals surface area contributed by atoms with Gasteiger partial charge in [-0.1, -0.05) is 0 Å². The quantitative estimate of drug-likeness (QED) is 0.777. The van der Waals surface area contributed by atoms with E-state index in [1.54, 1.807) is 26.8 Å². The zero-order valence-corrected chi connectivity index (χ0v) is 10.6. The first-order chi connectivity index (χ1) is 7.03. The number of carboxylic acid groups (broad SMARTS) is 1. The number of rotatable bonds is 4. The van der Waals surface area contributed by atoms with Crippen molar-refractivity contribution in [3.05, 3.63) is 0 Å². The van der Waals surface area contributed by atoms with Crippen molar-refractivity contribution in [3.8, 4) is 6.07 Å². The molecule has 0 amide bonds. The highest BCUT2D eigenvalue weighted by Gasteiger charge is 2.37. The fourth-order valence-electron chi connectivity index (χ4n) is 1.09. The van der Waals surface area contributed by atoms with Crippen molar-refractivity contribution >= 4 is 16.0 Å². The van der Waals surface area contributed by atoms with Crippen LogP contribution in [0.1, 0.15) is 27.7 Å². The normalized spacial score (nSPS) is 14.5. The maximum absolute atomic E-state index is 11.9. The van der Waals surface area contributed by atoms with Crippen molar-refractivity contribution < 1.29 is 18.3 Å². The highest BCUT2D eigenvalue weighted by atomic mass is 32.2. The van der Waals surface area contributed by atoms with Gasteiger partial charge >= 0.3 is 5.97 Å². The molecule has 0 radical (unpaired) electrons. The molecule has 0 spiro atoms. The third-order valence-corrected chi connectivity index (χ3v) is 4.25. The molecule has 0 aromatic rings. The van der Waals surface area contributed by atoms with Crippen LogP contribution in [0.4, 0.5) is 0 Å². The fourth-order valence-corrected chi connectivity index (χ4v) is 2.66. The molecular formula is C9H16N2O4S. The average molecular weight is 248 g/mol. The van der Waals surface area contributed by atoms with E-state index in [0.29, 0.717) is 0 Å². The lowest BCUT2D eigenvalue weighted by Gasteiger charge is -2.33. The number of carboxylic acids is 1. The maximum Gasteiger partial charge on any atom is 0.318 e. The molecule has 0 rings (SSSR count). The van der Waals surface area contributed by atoms with Crippen LogP contribution in [0.3, 0.4) is 0 Å². The van der Waals surface area contributed by atoms with Gasteiger partial charge in [-0.05, 0) is 27.7 Å². The molecule has 0 aliphatic rings. The highest BCUT2D eigenvalue weighted by Crippen LogP contribution is 2.20. The zero-order chi connectivity index (χ0) is 13.1. The summed E-state index contributed by atoms with van der Waals surface area (Å²) < 4.78 is 24.6. The number of sulfonamides is 1. The summed E-state index contributed by atoms with van der Waals surface area (Å²) in [7, 11) is -3.91. The summed E-state index contributed by atoms with van der Waals surface area (Å²) in [5.74, 6) is -1.25. The molecule has 0 bridgehead atoms. The predicted octanol–water partition coefficient (Wildman–Crippen LogP) is 0.413. The van der Waals surface area contributed by atoms with Crippen LogP contribution in [-0.4, -0.2) is 41.1 Å². The Kier molecular flexibility index (Phi) is 4.46. The Morgan fingerprint density at radius 3 is 2.19 bits per heavy atom. The molecule has 0 aromatic carbocycles. The molecule has 0 heterocycles. The summed E-state index contributed by atoms with van der Waals surface area (Å²) in [6, 6.07) is 1.61. The Balaban J connectivity index is 5.39. The van der Waals surface area contributed by atoms with Gasteiger partial charge < -0.3 is 5.11 Å². The Hall–Kier alpha value is -1.13. The molecule has 16 heavy (non-hydrogen) atoms. The standard InChI is InChI=1S/C9H16N2O4S/c1-7(5-10)16(14,15)11(6-8(12)13)9(2,3)4/h7H,6H2,1-4H3,(H,12,13). The second-order valence-electron chi connectivity index (χ2n) is 4.39. The van der Waals surface area contributed by atoms with Gasteiger partial charge in [-0.2, -0.15) is 9.57 Å². The Labute approximate surface area is 95.5 Å². The van der Waals surface area contributed by atoms with Gasteiger partial charge in [0.1, 0.15) is 6.54 Å². The summed E-state index contributed by atoms with van der Waals surface area (Å²) in [5, 5.41) is 16.0. The van der Waals surface area contributed by atoms with Crippen molar-refractivity contribution in [2.75, 3.05) is 6.54 Å². The topological polar surface area (TPSA) is 98.5 Å². The number of aliphatic carboxylic acids is 1. The van der Waals surface area contributed by atoms with Gasteiger partial charge in [0.25, 0.3) is 0 Å². The van der Waals surface area contributed by atoms with E-state index in [4.69, 9.17) is 10.4 Å². The molecular weight excluding hydrogens is 232 g/mol. The molecule has 7 heteroatoms. The zero-order valence-electron chi connectivity index (χ0n) is 9.76. The van der Waals surface area contributed by atoms with Gasteiger partial charge in [0, 0.05) is 5.54 Å². The van der Waals surface area contributed by atoms with Crippen LogP contribution in [0.15, 0.2) is 0 Å². The SMILES string of the molecule is CC(C#N)S(=O)(=O)N(CC(=O)O)C(C)(C)C. The molecule has 6 nitrogen and oxygen atoms in total. The van der Waals surface area contributed by atoms with Gasteiger partial charge in [0.15, 0.2) is 5.25 Å². The van der Waals surface area contributed by atoms with Crippen LogP contribution in [-0.2, 0) is 14.8 Å². The number of nitriles is 1. The van der Waals surface area contributed by atoms with Crippen molar-refractivity contribution in [3.63, 3.8) is 0 Å². The van der Waals surface area contributed by atoms with Crippen LogP contribution < -0.4 is 0 Å². The molecule has 92 valence electrons. The predicted molar refractivity (Wildman–Crippen MR) is 58.1 cm³/mol. The molecule has 1 atom stereocenters. The third-order valence-electron chi connectivity index (χ3n) is 1.96. The van der Waals surface area contributed by atoms with Crippen molar-refractivity contribution in [1.29, 1.82) is 5.26 Å². The lowest BCUT2D eigenvalue weighted by atomic mass is 10.1. The summed E-state index contributed by atoms with van der Waals surface area (Å²) in [5.41, 5.74) is -0.873. The van der Waals surface area contributed by atoms with Crippen molar-refractivity contribution in [2.45, 2.75) is 38.5 Å². The first kappa shape index (κ1) is 14.9. The van der Waals surface area contributed by atoms with E-state index < -0.39 is 33.3 Å². The van der Waals surface area contributed by atoms with Gasteiger partial charge in [0.05, 0.1) is 6.07 Å². The Morgan fingerprint density at radius 2 is 1.94 bits per heavy atom. The van der Waals surface area contributed by atoms with Gasteiger partial charge in [-0.15, -0.1) is 0 Å². The minimum absolute atomic E-state index is 0.641. The van der Waals surface area contributed by atoms with Crippen LogP contribution in [0.25, 0.3) is 0 Å². The molecule has 1 unspecified atom stereocenters. The number of hydrogen-bond acceptors (Lipinski definition) is 4. The largest absolute Gasteiger partial charge is 0.480 e. The van der Waals surface area contributed by atoms with Crippen LogP contribution in [0, 0.1) is 11.3 Å². The molecule has 0 saturated heterocycles. The highest BCUT2D eigenvalue weighted by molar-refractivity contribution is 7.90. The van der Waals surface area contributed by atoms with E-state index in [0.717, 1.165) is 4.31 Å². The van der Waals surface area contributed by atoms with Crippen LogP contribution in [0.5, 0.6) is 0 Å². The molecule has 0 fully saturated rings. The lowest BCUT2D eigenvalue weighted by Crippen LogP contribution is -2.50. The van der Waals surface area contributed by atoms with Gasteiger partial charge in [-0.3, -0.25) is 4.79 Å². The first-order valence-corrected chi connectivity index (χ1v) is 6.17. The molecule has 0 saturated carbocycles. The fraction of sp³-hybridized carbons (Fsp3) is 0.778. The molecule has 0 aliphatic carbocycles.